The molecule has 1 atom stereocenters. The van der Waals surface area contributed by atoms with Gasteiger partial charge in [0, 0.05) is 24.4 Å². The Hall–Kier alpha value is -1.22. The molecule has 3 rings (SSSR count). The van der Waals surface area contributed by atoms with E-state index in [-0.39, 0.29) is 0 Å². The van der Waals surface area contributed by atoms with Crippen LogP contribution in [0.1, 0.15) is 18.4 Å². The van der Waals surface area contributed by atoms with E-state index in [1.54, 1.807) is 0 Å². The summed E-state index contributed by atoms with van der Waals surface area (Å²) in [4.78, 5) is 0. The van der Waals surface area contributed by atoms with Crippen LogP contribution in [-0.2, 0) is 11.2 Å². The van der Waals surface area contributed by atoms with Crippen molar-refractivity contribution >= 4 is 5.69 Å². The van der Waals surface area contributed by atoms with Crippen LogP contribution in [0.3, 0.4) is 0 Å². The molecular formula is C13H17NO2. The van der Waals surface area contributed by atoms with Gasteiger partial charge in [-0.25, -0.2) is 0 Å². The number of benzene rings is 1. The third-order valence-electron chi connectivity index (χ3n) is 3.27. The third kappa shape index (κ3) is 1.87. The molecule has 16 heavy (non-hydrogen) atoms. The number of hydrogen-bond donors (Lipinski definition) is 1. The Kier molecular flexibility index (Phi) is 2.70. The highest BCUT2D eigenvalue weighted by molar-refractivity contribution is 5.61. The Labute approximate surface area is 95.8 Å². The van der Waals surface area contributed by atoms with Crippen molar-refractivity contribution in [3.05, 3.63) is 23.8 Å². The lowest BCUT2D eigenvalue weighted by atomic mass is 10.1. The summed E-state index contributed by atoms with van der Waals surface area (Å²) >= 11 is 0. The van der Waals surface area contributed by atoms with Gasteiger partial charge >= 0.3 is 0 Å². The molecule has 86 valence electrons. The minimum absolute atomic E-state index is 0.296. The van der Waals surface area contributed by atoms with E-state index in [9.17, 15) is 0 Å². The predicted octanol–water partition coefficient (Wildman–Crippen LogP) is 2.21. The van der Waals surface area contributed by atoms with Crippen molar-refractivity contribution < 1.29 is 9.47 Å². The van der Waals surface area contributed by atoms with Gasteiger partial charge in [0.2, 0.25) is 0 Å². The minimum Gasteiger partial charge on any atom is -0.491 e. The van der Waals surface area contributed by atoms with Gasteiger partial charge in [-0.05, 0) is 31.4 Å². The molecule has 1 saturated heterocycles. The van der Waals surface area contributed by atoms with Gasteiger partial charge in [-0.3, -0.25) is 0 Å². The highest BCUT2D eigenvalue weighted by Gasteiger charge is 2.18. The summed E-state index contributed by atoms with van der Waals surface area (Å²) in [5, 5.41) is 3.36. The first kappa shape index (κ1) is 9.97. The number of rotatable bonds is 3. The van der Waals surface area contributed by atoms with Crippen LogP contribution in [0.4, 0.5) is 5.69 Å². The van der Waals surface area contributed by atoms with Gasteiger partial charge in [-0.15, -0.1) is 0 Å². The van der Waals surface area contributed by atoms with Crippen LogP contribution in [0.15, 0.2) is 18.2 Å². The average Bonchev–Trinajstić information content (AvgIpc) is 2.97. The van der Waals surface area contributed by atoms with Crippen molar-refractivity contribution in [1.82, 2.24) is 0 Å². The Balaban J connectivity index is 1.67. The Morgan fingerprint density at radius 3 is 3.31 bits per heavy atom. The van der Waals surface area contributed by atoms with E-state index in [2.05, 4.69) is 17.4 Å². The standard InChI is InChI=1S/C13H17NO2/c1-4-12-11(6-7-14-12)13(5-1)16-9-10-3-2-8-15-10/h1,4-5,10,14H,2-3,6-9H2/t10-/m0/s1. The molecule has 1 aromatic rings. The molecule has 2 heterocycles. The molecule has 0 saturated carbocycles. The van der Waals surface area contributed by atoms with Crippen LogP contribution < -0.4 is 10.1 Å². The third-order valence-corrected chi connectivity index (χ3v) is 3.27. The Morgan fingerprint density at radius 1 is 1.44 bits per heavy atom. The van der Waals surface area contributed by atoms with Crippen LogP contribution in [0.25, 0.3) is 0 Å². The van der Waals surface area contributed by atoms with Crippen molar-refractivity contribution in [2.24, 2.45) is 0 Å². The maximum absolute atomic E-state index is 5.87. The summed E-state index contributed by atoms with van der Waals surface area (Å²) in [5.74, 6) is 1.03. The molecule has 1 fully saturated rings. The Bertz CT molecular complexity index is 372. The lowest BCUT2D eigenvalue weighted by Gasteiger charge is -2.13. The van der Waals surface area contributed by atoms with Gasteiger partial charge in [0.15, 0.2) is 0 Å². The molecule has 0 aromatic heterocycles. The average molecular weight is 219 g/mol. The smallest absolute Gasteiger partial charge is 0.124 e. The molecule has 2 aliphatic heterocycles. The largest absolute Gasteiger partial charge is 0.491 e. The molecule has 1 N–H and O–H groups in total. The van der Waals surface area contributed by atoms with Crippen LogP contribution in [-0.4, -0.2) is 25.9 Å². The van der Waals surface area contributed by atoms with E-state index in [1.165, 1.54) is 17.7 Å². The van der Waals surface area contributed by atoms with E-state index in [1.807, 2.05) is 6.07 Å². The van der Waals surface area contributed by atoms with Gasteiger partial charge < -0.3 is 14.8 Å². The van der Waals surface area contributed by atoms with Gasteiger partial charge in [-0.1, -0.05) is 6.07 Å². The van der Waals surface area contributed by atoms with Gasteiger partial charge in [0.25, 0.3) is 0 Å². The molecule has 0 bridgehead atoms. The number of hydrogen-bond acceptors (Lipinski definition) is 3. The fourth-order valence-corrected chi connectivity index (χ4v) is 2.41. The highest BCUT2D eigenvalue weighted by atomic mass is 16.5. The van der Waals surface area contributed by atoms with Crippen molar-refractivity contribution in [1.29, 1.82) is 0 Å². The first-order valence-electron chi connectivity index (χ1n) is 6.03. The summed E-state index contributed by atoms with van der Waals surface area (Å²) in [6, 6.07) is 6.21. The topological polar surface area (TPSA) is 30.5 Å². The summed E-state index contributed by atoms with van der Waals surface area (Å²) in [5.41, 5.74) is 2.55. The normalized spacial score (nSPS) is 22.9. The van der Waals surface area contributed by atoms with Crippen LogP contribution in [0.2, 0.25) is 0 Å². The number of nitrogens with one attached hydrogen (secondary N) is 1. The molecule has 0 spiro atoms. The van der Waals surface area contributed by atoms with E-state index >= 15 is 0 Å². The summed E-state index contributed by atoms with van der Waals surface area (Å²) in [6.45, 7) is 2.61. The lowest BCUT2D eigenvalue weighted by molar-refractivity contribution is 0.0677. The summed E-state index contributed by atoms with van der Waals surface area (Å²) < 4.78 is 11.4. The Morgan fingerprint density at radius 2 is 2.44 bits per heavy atom. The van der Waals surface area contributed by atoms with Gasteiger partial charge in [0.1, 0.15) is 12.4 Å². The quantitative estimate of drug-likeness (QED) is 0.845. The molecule has 0 radical (unpaired) electrons. The monoisotopic (exact) mass is 219 g/mol. The highest BCUT2D eigenvalue weighted by Crippen LogP contribution is 2.31. The van der Waals surface area contributed by atoms with Crippen LogP contribution >= 0.6 is 0 Å². The second kappa shape index (κ2) is 4.34. The molecular weight excluding hydrogens is 202 g/mol. The van der Waals surface area contributed by atoms with Gasteiger partial charge in [0.05, 0.1) is 6.10 Å². The molecule has 2 aliphatic rings. The molecule has 3 nitrogen and oxygen atoms in total. The second-order valence-corrected chi connectivity index (χ2v) is 4.41. The lowest BCUT2D eigenvalue weighted by Crippen LogP contribution is -2.16. The number of ether oxygens (including phenoxy) is 2. The van der Waals surface area contributed by atoms with Gasteiger partial charge in [-0.2, -0.15) is 0 Å². The molecule has 3 heteroatoms. The maximum Gasteiger partial charge on any atom is 0.124 e. The van der Waals surface area contributed by atoms with Crippen molar-refractivity contribution in [3.63, 3.8) is 0 Å². The second-order valence-electron chi connectivity index (χ2n) is 4.41. The maximum atomic E-state index is 5.87. The summed E-state index contributed by atoms with van der Waals surface area (Å²) in [6.07, 6.45) is 3.66. The first-order chi connectivity index (χ1) is 7.93. The minimum atomic E-state index is 0.296. The van der Waals surface area contributed by atoms with E-state index in [4.69, 9.17) is 9.47 Å². The zero-order chi connectivity index (χ0) is 10.8. The predicted molar refractivity (Wildman–Crippen MR) is 63.1 cm³/mol. The van der Waals surface area contributed by atoms with Crippen LogP contribution in [0, 0.1) is 0 Å². The number of anilines is 1. The van der Waals surface area contributed by atoms with Crippen molar-refractivity contribution in [3.8, 4) is 5.75 Å². The van der Waals surface area contributed by atoms with E-state index in [0.717, 1.165) is 31.7 Å². The summed E-state index contributed by atoms with van der Waals surface area (Å²) in [7, 11) is 0. The number of fused-ring (bicyclic) bond motifs is 1. The zero-order valence-electron chi connectivity index (χ0n) is 9.37. The molecule has 0 aliphatic carbocycles. The van der Waals surface area contributed by atoms with Crippen molar-refractivity contribution in [2.75, 3.05) is 25.1 Å². The molecule has 0 unspecified atom stereocenters. The SMILES string of the molecule is c1cc2c(c(OC[C@@H]3CCCO3)c1)CCN2. The zero-order valence-corrected chi connectivity index (χ0v) is 9.37. The fourth-order valence-electron chi connectivity index (χ4n) is 2.41. The fraction of sp³-hybridized carbons (Fsp3) is 0.538. The van der Waals surface area contributed by atoms with E-state index in [0.29, 0.717) is 12.7 Å². The molecule has 1 aromatic carbocycles. The van der Waals surface area contributed by atoms with Crippen molar-refractivity contribution in [2.45, 2.75) is 25.4 Å². The first-order valence-corrected chi connectivity index (χ1v) is 6.03. The molecule has 0 amide bonds. The van der Waals surface area contributed by atoms with Crippen LogP contribution in [0.5, 0.6) is 5.75 Å². The van der Waals surface area contributed by atoms with E-state index < -0.39 is 0 Å².